The molecular formula is C24H16F8O2. The Hall–Kier alpha value is -3.30. The highest BCUT2D eigenvalue weighted by atomic mass is 19.4. The largest absolute Gasteiger partial charge is 0.573 e. The van der Waals surface area contributed by atoms with E-state index in [1.54, 1.807) is 6.07 Å². The van der Waals surface area contributed by atoms with Crippen LogP contribution in [0.15, 0.2) is 48.5 Å². The standard InChI is InChI=1S/C24H16F8O2/c1-12-6-13-2-3-14(8-16(13)7-12)15-4-5-18(19(25)9-15)23(28,29)33-17-10-20(26)22(21(27)11-17)34-24(30,31)32/h2-5,8-12H,6-7H2,1H3. The molecule has 4 rings (SSSR count). The number of halogens is 8. The molecular weight excluding hydrogens is 472 g/mol. The molecule has 0 aliphatic heterocycles. The van der Waals surface area contributed by atoms with Gasteiger partial charge in [-0.3, -0.25) is 0 Å². The minimum Gasteiger partial charge on any atom is -0.429 e. The van der Waals surface area contributed by atoms with Crippen molar-refractivity contribution in [2.24, 2.45) is 5.92 Å². The van der Waals surface area contributed by atoms with Gasteiger partial charge in [0.15, 0.2) is 11.6 Å². The molecule has 0 radical (unpaired) electrons. The summed E-state index contributed by atoms with van der Waals surface area (Å²) in [6.45, 7) is 2.10. The van der Waals surface area contributed by atoms with Crippen LogP contribution in [0.1, 0.15) is 23.6 Å². The van der Waals surface area contributed by atoms with Gasteiger partial charge in [0, 0.05) is 12.1 Å². The van der Waals surface area contributed by atoms with Crippen LogP contribution in [0.25, 0.3) is 11.1 Å². The molecule has 3 aromatic carbocycles. The molecule has 0 spiro atoms. The van der Waals surface area contributed by atoms with Gasteiger partial charge in [-0.2, -0.15) is 8.78 Å². The number of ether oxygens (including phenoxy) is 2. The Bertz CT molecular complexity index is 1210. The molecule has 10 heteroatoms. The normalized spacial score (nSPS) is 15.9. The Morgan fingerprint density at radius 1 is 0.706 bits per heavy atom. The van der Waals surface area contributed by atoms with E-state index in [0.29, 0.717) is 17.0 Å². The van der Waals surface area contributed by atoms with E-state index in [2.05, 4.69) is 16.4 Å². The fourth-order valence-electron chi connectivity index (χ4n) is 3.96. The van der Waals surface area contributed by atoms with E-state index in [0.717, 1.165) is 30.5 Å². The zero-order valence-electron chi connectivity index (χ0n) is 17.5. The van der Waals surface area contributed by atoms with Crippen LogP contribution in [0.2, 0.25) is 0 Å². The molecule has 0 aromatic heterocycles. The van der Waals surface area contributed by atoms with Crippen LogP contribution in [-0.4, -0.2) is 6.36 Å². The van der Waals surface area contributed by atoms with E-state index in [1.165, 1.54) is 11.6 Å². The van der Waals surface area contributed by atoms with Crippen LogP contribution < -0.4 is 9.47 Å². The smallest absolute Gasteiger partial charge is 0.429 e. The molecule has 0 N–H and O–H groups in total. The van der Waals surface area contributed by atoms with Crippen molar-refractivity contribution in [1.82, 2.24) is 0 Å². The monoisotopic (exact) mass is 488 g/mol. The van der Waals surface area contributed by atoms with Gasteiger partial charge in [0.25, 0.3) is 0 Å². The van der Waals surface area contributed by atoms with Gasteiger partial charge in [0.05, 0.1) is 5.56 Å². The van der Waals surface area contributed by atoms with Crippen molar-refractivity contribution >= 4 is 0 Å². The second kappa shape index (κ2) is 8.48. The first-order valence-corrected chi connectivity index (χ1v) is 10.1. The van der Waals surface area contributed by atoms with Crippen molar-refractivity contribution in [2.75, 3.05) is 0 Å². The van der Waals surface area contributed by atoms with Crippen LogP contribution in [0.5, 0.6) is 11.5 Å². The molecule has 1 aliphatic carbocycles. The van der Waals surface area contributed by atoms with Crippen LogP contribution >= 0.6 is 0 Å². The lowest BCUT2D eigenvalue weighted by Gasteiger charge is -2.20. The molecule has 0 saturated heterocycles. The molecule has 1 unspecified atom stereocenters. The maximum absolute atomic E-state index is 14.6. The first kappa shape index (κ1) is 23.8. The van der Waals surface area contributed by atoms with Gasteiger partial charge in [0.2, 0.25) is 5.75 Å². The molecule has 34 heavy (non-hydrogen) atoms. The quantitative estimate of drug-likeness (QED) is 0.346. The van der Waals surface area contributed by atoms with E-state index in [1.807, 2.05) is 12.1 Å². The highest BCUT2D eigenvalue weighted by Crippen LogP contribution is 2.38. The van der Waals surface area contributed by atoms with Crippen LogP contribution in [0, 0.1) is 23.4 Å². The molecule has 0 amide bonds. The molecule has 2 nitrogen and oxygen atoms in total. The minimum absolute atomic E-state index is 0.0792. The number of rotatable bonds is 5. The molecule has 0 heterocycles. The summed E-state index contributed by atoms with van der Waals surface area (Å²) < 4.78 is 115. The third-order valence-electron chi connectivity index (χ3n) is 5.39. The average molecular weight is 488 g/mol. The van der Waals surface area contributed by atoms with E-state index in [-0.39, 0.29) is 12.1 Å². The zero-order chi connectivity index (χ0) is 24.8. The van der Waals surface area contributed by atoms with Crippen LogP contribution in [-0.2, 0) is 19.0 Å². The highest BCUT2D eigenvalue weighted by Gasteiger charge is 2.39. The second-order valence-corrected chi connectivity index (χ2v) is 8.07. The number of fused-ring (bicyclic) bond motifs is 1. The summed E-state index contributed by atoms with van der Waals surface area (Å²) in [4.78, 5) is 0. The highest BCUT2D eigenvalue weighted by molar-refractivity contribution is 5.66. The Labute approximate surface area is 188 Å². The van der Waals surface area contributed by atoms with E-state index in [4.69, 9.17) is 0 Å². The van der Waals surface area contributed by atoms with Crippen molar-refractivity contribution in [3.05, 3.63) is 82.7 Å². The molecule has 3 aromatic rings. The van der Waals surface area contributed by atoms with Gasteiger partial charge in [-0.1, -0.05) is 31.2 Å². The summed E-state index contributed by atoms with van der Waals surface area (Å²) in [5.74, 6) is -7.71. The van der Waals surface area contributed by atoms with Gasteiger partial charge in [-0.25, -0.2) is 13.2 Å². The summed E-state index contributed by atoms with van der Waals surface area (Å²) in [7, 11) is 0. The third kappa shape index (κ3) is 4.95. The van der Waals surface area contributed by atoms with Gasteiger partial charge < -0.3 is 9.47 Å². The summed E-state index contributed by atoms with van der Waals surface area (Å²) >= 11 is 0. The molecule has 0 saturated carbocycles. The predicted octanol–water partition coefficient (Wildman–Crippen LogP) is 7.53. The summed E-state index contributed by atoms with van der Waals surface area (Å²) in [6.07, 6.45) is -8.01. The van der Waals surface area contributed by atoms with Crippen LogP contribution in [0.4, 0.5) is 35.1 Å². The van der Waals surface area contributed by atoms with Crippen molar-refractivity contribution in [3.63, 3.8) is 0 Å². The summed E-state index contributed by atoms with van der Waals surface area (Å²) in [5.41, 5.74) is 2.03. The Morgan fingerprint density at radius 3 is 1.91 bits per heavy atom. The third-order valence-corrected chi connectivity index (χ3v) is 5.39. The van der Waals surface area contributed by atoms with E-state index < -0.39 is 47.0 Å². The number of alkyl halides is 5. The summed E-state index contributed by atoms with van der Waals surface area (Å²) in [5, 5.41) is 0. The van der Waals surface area contributed by atoms with Gasteiger partial charge in [-0.05, 0) is 53.1 Å². The minimum atomic E-state index is -5.41. The SMILES string of the molecule is CC1Cc2ccc(-c3ccc(C(F)(F)Oc4cc(F)c(OC(F)(F)F)c(F)c4)c(F)c3)cc2C1. The van der Waals surface area contributed by atoms with Crippen molar-refractivity contribution in [1.29, 1.82) is 0 Å². The fourth-order valence-corrected chi connectivity index (χ4v) is 3.96. The number of hydrogen-bond donors (Lipinski definition) is 0. The predicted molar refractivity (Wildman–Crippen MR) is 106 cm³/mol. The maximum Gasteiger partial charge on any atom is 0.573 e. The Kier molecular flexibility index (Phi) is 5.95. The summed E-state index contributed by atoms with van der Waals surface area (Å²) in [6, 6.07) is 8.60. The Morgan fingerprint density at radius 2 is 1.29 bits per heavy atom. The van der Waals surface area contributed by atoms with E-state index in [9.17, 15) is 35.1 Å². The second-order valence-electron chi connectivity index (χ2n) is 8.07. The van der Waals surface area contributed by atoms with Gasteiger partial charge in [-0.15, -0.1) is 13.2 Å². The maximum atomic E-state index is 14.6. The lowest BCUT2D eigenvalue weighted by Crippen LogP contribution is -2.24. The Balaban J connectivity index is 1.58. The first-order chi connectivity index (χ1) is 15.8. The zero-order valence-corrected chi connectivity index (χ0v) is 17.5. The van der Waals surface area contributed by atoms with E-state index >= 15 is 0 Å². The number of hydrogen-bond acceptors (Lipinski definition) is 2. The van der Waals surface area contributed by atoms with Gasteiger partial charge >= 0.3 is 12.5 Å². The molecule has 1 atom stereocenters. The number of benzene rings is 3. The van der Waals surface area contributed by atoms with Crippen molar-refractivity contribution in [3.8, 4) is 22.6 Å². The van der Waals surface area contributed by atoms with Crippen LogP contribution in [0.3, 0.4) is 0 Å². The fraction of sp³-hybridized carbons (Fsp3) is 0.250. The lowest BCUT2D eigenvalue weighted by atomic mass is 9.99. The molecule has 1 aliphatic rings. The molecule has 180 valence electrons. The topological polar surface area (TPSA) is 18.5 Å². The van der Waals surface area contributed by atoms with Gasteiger partial charge in [0.1, 0.15) is 11.6 Å². The average Bonchev–Trinajstić information content (AvgIpc) is 3.08. The molecule has 0 bridgehead atoms. The molecule has 0 fully saturated rings. The lowest BCUT2D eigenvalue weighted by molar-refractivity contribution is -0.276. The van der Waals surface area contributed by atoms with Crippen molar-refractivity contribution in [2.45, 2.75) is 32.2 Å². The first-order valence-electron chi connectivity index (χ1n) is 10.1. The van der Waals surface area contributed by atoms with Crippen molar-refractivity contribution < 1.29 is 44.6 Å².